The van der Waals surface area contributed by atoms with Crippen molar-refractivity contribution in [1.82, 2.24) is 14.8 Å². The Morgan fingerprint density at radius 1 is 1.24 bits per heavy atom. The van der Waals surface area contributed by atoms with E-state index in [1.165, 1.54) is 6.07 Å². The van der Waals surface area contributed by atoms with Crippen molar-refractivity contribution < 1.29 is 22.7 Å². The summed E-state index contributed by atoms with van der Waals surface area (Å²) < 4.78 is 37.7. The van der Waals surface area contributed by atoms with Gasteiger partial charge in [-0.15, -0.1) is 0 Å². The zero-order valence-electron chi connectivity index (χ0n) is 20.4. The summed E-state index contributed by atoms with van der Waals surface area (Å²) in [4.78, 5) is 21.5. The molecule has 1 amide bonds. The molecule has 1 aliphatic heterocycles. The molecule has 0 radical (unpaired) electrons. The van der Waals surface area contributed by atoms with Crippen molar-refractivity contribution >= 4 is 21.6 Å². The number of carbonyl (C=O) groups is 1. The number of sulfonamides is 1. The molecule has 0 saturated heterocycles. The lowest BCUT2D eigenvalue weighted by Crippen LogP contribution is -2.46. The number of hydrogen-bond donors (Lipinski definition) is 1. The van der Waals surface area contributed by atoms with Gasteiger partial charge >= 0.3 is 0 Å². The van der Waals surface area contributed by atoms with Crippen LogP contribution in [0, 0.1) is 5.92 Å². The molecular weight excluding hydrogens is 456 g/mol. The van der Waals surface area contributed by atoms with Gasteiger partial charge in [0.1, 0.15) is 12.4 Å². The third kappa shape index (κ3) is 6.91. The van der Waals surface area contributed by atoms with Crippen LogP contribution in [0.5, 0.6) is 5.75 Å². The average molecular weight is 491 g/mol. The molecular formula is C24H34N4O5S. The third-order valence-corrected chi connectivity index (χ3v) is 6.59. The van der Waals surface area contributed by atoms with Crippen molar-refractivity contribution in [3.63, 3.8) is 0 Å². The fourth-order valence-electron chi connectivity index (χ4n) is 4.08. The molecule has 186 valence electrons. The van der Waals surface area contributed by atoms with Crippen molar-refractivity contribution in [3.05, 3.63) is 53.9 Å². The predicted octanol–water partition coefficient (Wildman–Crippen LogP) is 2.46. The Bertz CT molecular complexity index is 1080. The topological polar surface area (TPSA) is 101 Å². The molecule has 1 aromatic carbocycles. The minimum absolute atomic E-state index is 0.0362. The average Bonchev–Trinajstić information content (AvgIpc) is 2.79. The number of benzene rings is 1. The first-order valence-corrected chi connectivity index (χ1v) is 13.1. The maximum absolute atomic E-state index is 13.3. The summed E-state index contributed by atoms with van der Waals surface area (Å²) >= 11 is 0. The van der Waals surface area contributed by atoms with Crippen LogP contribution >= 0.6 is 0 Å². The Kier molecular flexibility index (Phi) is 8.51. The number of amides is 1. The number of likely N-dealkylation sites (N-methyl/N-ethyl adjacent to an activating group) is 1. The summed E-state index contributed by atoms with van der Waals surface area (Å²) in [6, 6.07) is 8.76. The van der Waals surface area contributed by atoms with Crippen molar-refractivity contribution in [2.75, 3.05) is 44.8 Å². The van der Waals surface area contributed by atoms with Crippen molar-refractivity contribution in [3.8, 4) is 5.75 Å². The Balaban J connectivity index is 1.96. The number of fused-ring (bicyclic) bond motifs is 1. The minimum atomic E-state index is -3.49. The van der Waals surface area contributed by atoms with E-state index in [1.54, 1.807) is 37.4 Å². The molecule has 2 heterocycles. The van der Waals surface area contributed by atoms with Crippen LogP contribution in [0.25, 0.3) is 0 Å². The van der Waals surface area contributed by atoms with Crippen molar-refractivity contribution in [2.24, 2.45) is 5.92 Å². The number of carbonyl (C=O) groups excluding carboxylic acids is 1. The van der Waals surface area contributed by atoms with Crippen LogP contribution < -0.4 is 9.46 Å². The van der Waals surface area contributed by atoms with Gasteiger partial charge in [-0.05, 0) is 42.7 Å². The second-order valence-corrected chi connectivity index (χ2v) is 10.7. The molecule has 3 atom stereocenters. The largest absolute Gasteiger partial charge is 0.491 e. The van der Waals surface area contributed by atoms with Crippen LogP contribution in [0.2, 0.25) is 0 Å². The van der Waals surface area contributed by atoms with Gasteiger partial charge in [-0.3, -0.25) is 19.4 Å². The Labute approximate surface area is 202 Å². The summed E-state index contributed by atoms with van der Waals surface area (Å²) in [6.45, 7) is 6.40. The fourth-order valence-corrected chi connectivity index (χ4v) is 4.63. The van der Waals surface area contributed by atoms with Crippen LogP contribution in [0.4, 0.5) is 5.69 Å². The highest BCUT2D eigenvalue weighted by atomic mass is 32.2. The lowest BCUT2D eigenvalue weighted by molar-refractivity contribution is 0.00920. The van der Waals surface area contributed by atoms with Gasteiger partial charge in [0.05, 0.1) is 17.9 Å². The summed E-state index contributed by atoms with van der Waals surface area (Å²) in [5.74, 6) is 0.282. The van der Waals surface area contributed by atoms with E-state index in [2.05, 4.69) is 28.5 Å². The van der Waals surface area contributed by atoms with Gasteiger partial charge in [-0.2, -0.15) is 0 Å². The predicted molar refractivity (Wildman–Crippen MR) is 131 cm³/mol. The smallest absolute Gasteiger partial charge is 0.257 e. The number of rotatable bonds is 5. The van der Waals surface area contributed by atoms with E-state index in [0.29, 0.717) is 36.7 Å². The maximum atomic E-state index is 13.3. The van der Waals surface area contributed by atoms with E-state index in [1.807, 2.05) is 18.3 Å². The molecule has 34 heavy (non-hydrogen) atoms. The summed E-state index contributed by atoms with van der Waals surface area (Å²) in [5.41, 5.74) is 1.71. The van der Waals surface area contributed by atoms with Crippen LogP contribution in [-0.4, -0.2) is 81.4 Å². The molecule has 0 bridgehead atoms. The van der Waals surface area contributed by atoms with Crippen LogP contribution in [0.15, 0.2) is 42.7 Å². The Hall–Kier alpha value is -2.69. The molecule has 0 saturated carbocycles. The normalized spacial score (nSPS) is 22.8. The summed E-state index contributed by atoms with van der Waals surface area (Å²) in [6.07, 6.45) is 4.51. The molecule has 10 heteroatoms. The molecule has 0 unspecified atom stereocenters. The van der Waals surface area contributed by atoms with Gasteiger partial charge in [0, 0.05) is 57.9 Å². The summed E-state index contributed by atoms with van der Waals surface area (Å²) in [7, 11) is -0.118. The van der Waals surface area contributed by atoms with E-state index >= 15 is 0 Å². The molecule has 0 aliphatic carbocycles. The lowest BCUT2D eigenvalue weighted by atomic mass is 10.0. The van der Waals surface area contributed by atoms with E-state index in [0.717, 1.165) is 18.4 Å². The molecule has 1 aromatic heterocycles. The van der Waals surface area contributed by atoms with E-state index in [9.17, 15) is 13.2 Å². The van der Waals surface area contributed by atoms with Gasteiger partial charge in [0.2, 0.25) is 10.0 Å². The number of ether oxygens (including phenoxy) is 2. The highest BCUT2D eigenvalue weighted by molar-refractivity contribution is 7.92. The second-order valence-electron chi connectivity index (χ2n) is 8.97. The van der Waals surface area contributed by atoms with E-state index < -0.39 is 10.0 Å². The SMILES string of the molecule is CO[C@@H]1CN(C)C(=O)c2cc(NS(C)(=O)=O)ccc2OC[C@@H](C)N(Cc2cccnc2)C[C@@H]1C. The van der Waals surface area contributed by atoms with Crippen molar-refractivity contribution in [2.45, 2.75) is 32.5 Å². The maximum Gasteiger partial charge on any atom is 0.257 e. The first-order valence-electron chi connectivity index (χ1n) is 11.2. The number of nitrogens with one attached hydrogen (secondary N) is 1. The quantitative estimate of drug-likeness (QED) is 0.687. The molecule has 3 rings (SSSR count). The first kappa shape index (κ1) is 25.9. The summed E-state index contributed by atoms with van der Waals surface area (Å²) in [5, 5.41) is 0. The molecule has 1 aliphatic rings. The van der Waals surface area contributed by atoms with Gasteiger partial charge in [0.25, 0.3) is 5.91 Å². The zero-order valence-corrected chi connectivity index (χ0v) is 21.2. The van der Waals surface area contributed by atoms with E-state index in [4.69, 9.17) is 9.47 Å². The number of hydrogen-bond acceptors (Lipinski definition) is 7. The fraction of sp³-hybridized carbons (Fsp3) is 0.500. The molecule has 0 spiro atoms. The number of methoxy groups -OCH3 is 1. The Morgan fingerprint density at radius 3 is 2.65 bits per heavy atom. The number of anilines is 1. The Morgan fingerprint density at radius 2 is 2.00 bits per heavy atom. The standard InChI is InChI=1S/C24H34N4O5S/c1-17-13-28(14-19-7-6-10-25-12-19)18(2)16-33-22-9-8-20(26-34(5,30)31)11-21(22)24(29)27(3)15-23(17)32-4/h6-12,17-18,23,26H,13-16H2,1-5H3/t17-,18+,23+/m0/s1. The second kappa shape index (κ2) is 11.2. The molecule has 9 nitrogen and oxygen atoms in total. The van der Waals surface area contributed by atoms with E-state index in [-0.39, 0.29) is 24.0 Å². The van der Waals surface area contributed by atoms with Crippen LogP contribution in [-0.2, 0) is 21.3 Å². The van der Waals surface area contributed by atoms with Gasteiger partial charge in [-0.1, -0.05) is 13.0 Å². The van der Waals surface area contributed by atoms with Gasteiger partial charge < -0.3 is 14.4 Å². The van der Waals surface area contributed by atoms with Crippen LogP contribution in [0.3, 0.4) is 0 Å². The van der Waals surface area contributed by atoms with Gasteiger partial charge in [0.15, 0.2) is 0 Å². The third-order valence-electron chi connectivity index (χ3n) is 5.99. The monoisotopic (exact) mass is 490 g/mol. The van der Waals surface area contributed by atoms with Gasteiger partial charge in [-0.25, -0.2) is 8.42 Å². The van der Waals surface area contributed by atoms with Crippen LogP contribution in [0.1, 0.15) is 29.8 Å². The van der Waals surface area contributed by atoms with Crippen molar-refractivity contribution in [1.29, 1.82) is 0 Å². The number of aromatic nitrogens is 1. The molecule has 0 fully saturated rings. The lowest BCUT2D eigenvalue weighted by Gasteiger charge is -2.36. The minimum Gasteiger partial charge on any atom is -0.491 e. The highest BCUT2D eigenvalue weighted by Crippen LogP contribution is 2.27. The zero-order chi connectivity index (χ0) is 24.9. The number of pyridine rings is 1. The first-order chi connectivity index (χ1) is 16.1. The highest BCUT2D eigenvalue weighted by Gasteiger charge is 2.28. The number of nitrogens with zero attached hydrogens (tertiary/aromatic N) is 3. The molecule has 2 aromatic rings. The molecule has 1 N–H and O–H groups in total.